The molecule has 0 heterocycles. The van der Waals surface area contributed by atoms with Gasteiger partial charge in [0.25, 0.3) is 0 Å². The second-order valence-electron chi connectivity index (χ2n) is 17.8. The molecule has 6 heteroatoms. The molecule has 388 valence electrons. The van der Waals surface area contributed by atoms with Crippen LogP contribution in [0, 0.1) is 0 Å². The molecule has 1 atom stereocenters. The lowest BCUT2D eigenvalue weighted by Crippen LogP contribution is -2.30. The molecule has 0 rings (SSSR count). The Morgan fingerprint density at radius 1 is 0.319 bits per heavy atom. The number of allylic oxidation sites excluding steroid dienone is 22. The van der Waals surface area contributed by atoms with Crippen molar-refractivity contribution in [2.45, 2.75) is 232 Å². The number of hydrogen-bond donors (Lipinski definition) is 0. The first kappa shape index (κ1) is 64.5. The van der Waals surface area contributed by atoms with Gasteiger partial charge in [0, 0.05) is 19.3 Å². The van der Waals surface area contributed by atoms with E-state index in [-0.39, 0.29) is 44.0 Å². The van der Waals surface area contributed by atoms with Crippen molar-refractivity contribution in [1.82, 2.24) is 0 Å². The van der Waals surface area contributed by atoms with Crippen LogP contribution in [0.15, 0.2) is 134 Å². The summed E-state index contributed by atoms with van der Waals surface area (Å²) in [7, 11) is 0. The summed E-state index contributed by atoms with van der Waals surface area (Å²) in [5.41, 5.74) is 0. The number of carbonyl (C=O) groups excluding carboxylic acids is 3. The predicted octanol–water partition coefficient (Wildman–Crippen LogP) is 18.6. The third-order valence-corrected chi connectivity index (χ3v) is 11.2. The molecule has 0 aliphatic carbocycles. The fourth-order valence-electron chi connectivity index (χ4n) is 7.09. The van der Waals surface area contributed by atoms with E-state index < -0.39 is 6.10 Å². The average Bonchev–Trinajstić information content (AvgIpc) is 3.35. The molecule has 69 heavy (non-hydrogen) atoms. The van der Waals surface area contributed by atoms with E-state index >= 15 is 0 Å². The summed E-state index contributed by atoms with van der Waals surface area (Å²) in [5.74, 6) is -1.04. The van der Waals surface area contributed by atoms with Gasteiger partial charge in [0.1, 0.15) is 13.2 Å². The molecule has 0 amide bonds. The topological polar surface area (TPSA) is 78.9 Å². The van der Waals surface area contributed by atoms with Crippen LogP contribution in [0.25, 0.3) is 0 Å². The Morgan fingerprint density at radius 3 is 1.09 bits per heavy atom. The normalized spacial score (nSPS) is 13.1. The second-order valence-corrected chi connectivity index (χ2v) is 17.8. The highest BCUT2D eigenvalue weighted by atomic mass is 16.6. The summed E-state index contributed by atoms with van der Waals surface area (Å²) in [4.78, 5) is 38.1. The van der Waals surface area contributed by atoms with Crippen LogP contribution in [0.1, 0.15) is 226 Å². The first-order valence-electron chi connectivity index (χ1n) is 27.7. The van der Waals surface area contributed by atoms with E-state index in [1.807, 2.05) is 12.2 Å². The van der Waals surface area contributed by atoms with Gasteiger partial charge < -0.3 is 14.2 Å². The van der Waals surface area contributed by atoms with E-state index in [0.29, 0.717) is 12.8 Å². The van der Waals surface area contributed by atoms with Crippen LogP contribution in [0.3, 0.4) is 0 Å². The Hall–Kier alpha value is -4.45. The van der Waals surface area contributed by atoms with Gasteiger partial charge in [0.2, 0.25) is 0 Å². The minimum Gasteiger partial charge on any atom is -0.462 e. The van der Waals surface area contributed by atoms with Gasteiger partial charge in [-0.15, -0.1) is 0 Å². The van der Waals surface area contributed by atoms with Gasteiger partial charge in [-0.25, -0.2) is 0 Å². The number of ether oxygens (including phenoxy) is 3. The molecule has 0 N–H and O–H groups in total. The van der Waals surface area contributed by atoms with Crippen LogP contribution in [-0.2, 0) is 28.6 Å². The molecule has 0 bridgehead atoms. The minimum atomic E-state index is -0.828. The van der Waals surface area contributed by atoms with Gasteiger partial charge in [0.05, 0.1) is 0 Å². The van der Waals surface area contributed by atoms with Crippen molar-refractivity contribution in [3.63, 3.8) is 0 Å². The van der Waals surface area contributed by atoms with Gasteiger partial charge in [-0.1, -0.05) is 231 Å². The second kappa shape index (κ2) is 56.1. The molecular weight excluding hydrogens is 853 g/mol. The van der Waals surface area contributed by atoms with Gasteiger partial charge in [0.15, 0.2) is 6.10 Å². The maximum Gasteiger partial charge on any atom is 0.306 e. The van der Waals surface area contributed by atoms with E-state index in [0.717, 1.165) is 122 Å². The van der Waals surface area contributed by atoms with Crippen molar-refractivity contribution in [3.8, 4) is 0 Å². The Labute approximate surface area is 424 Å². The van der Waals surface area contributed by atoms with Gasteiger partial charge in [-0.3, -0.25) is 14.4 Å². The quantitative estimate of drug-likeness (QED) is 0.0199. The van der Waals surface area contributed by atoms with E-state index in [1.165, 1.54) is 57.8 Å². The molecule has 0 aromatic heterocycles. The zero-order chi connectivity index (χ0) is 50.0. The van der Waals surface area contributed by atoms with Crippen molar-refractivity contribution in [2.24, 2.45) is 0 Å². The summed E-state index contributed by atoms with van der Waals surface area (Å²) in [6, 6.07) is 0. The van der Waals surface area contributed by atoms with Crippen LogP contribution in [0.4, 0.5) is 0 Å². The van der Waals surface area contributed by atoms with Crippen molar-refractivity contribution < 1.29 is 28.6 Å². The molecule has 0 aromatic rings. The van der Waals surface area contributed by atoms with E-state index in [9.17, 15) is 14.4 Å². The smallest absolute Gasteiger partial charge is 0.306 e. The number of hydrogen-bond acceptors (Lipinski definition) is 6. The van der Waals surface area contributed by atoms with E-state index in [2.05, 4.69) is 142 Å². The predicted molar refractivity (Wildman–Crippen MR) is 297 cm³/mol. The third kappa shape index (κ3) is 54.4. The van der Waals surface area contributed by atoms with Crippen molar-refractivity contribution >= 4 is 17.9 Å². The first-order valence-corrected chi connectivity index (χ1v) is 27.7. The average molecular weight is 953 g/mol. The maximum atomic E-state index is 12.8. The third-order valence-electron chi connectivity index (χ3n) is 11.2. The highest BCUT2D eigenvalue weighted by molar-refractivity contribution is 5.71. The highest BCUT2D eigenvalue weighted by Crippen LogP contribution is 2.13. The zero-order valence-electron chi connectivity index (χ0n) is 44.3. The molecule has 0 radical (unpaired) electrons. The molecule has 0 saturated heterocycles. The van der Waals surface area contributed by atoms with Gasteiger partial charge >= 0.3 is 17.9 Å². The largest absolute Gasteiger partial charge is 0.462 e. The molecule has 0 saturated carbocycles. The number of unbranched alkanes of at least 4 members (excludes halogenated alkanes) is 17. The summed E-state index contributed by atoms with van der Waals surface area (Å²) < 4.78 is 16.7. The monoisotopic (exact) mass is 953 g/mol. The first-order chi connectivity index (χ1) is 34.0. The SMILES string of the molecule is CC/C=C\C/C=C\C/C=C\C/C=C\C/C=C\C/C=C\CCC(=O)OCC(COC(=O)CCCCCCCCC/C=C\C/C=C\CC)OC(=O)CCCCCCC\C=C/C=C\C=C/CCCCCCC. The van der Waals surface area contributed by atoms with E-state index in [4.69, 9.17) is 14.2 Å². The fraction of sp³-hybridized carbons (Fsp3) is 0.603. The lowest BCUT2D eigenvalue weighted by atomic mass is 10.1. The van der Waals surface area contributed by atoms with Gasteiger partial charge in [-0.2, -0.15) is 0 Å². The number of rotatable bonds is 48. The molecule has 0 aromatic carbocycles. The number of carbonyl (C=O) groups is 3. The van der Waals surface area contributed by atoms with Crippen molar-refractivity contribution in [2.75, 3.05) is 13.2 Å². The van der Waals surface area contributed by atoms with Crippen LogP contribution in [-0.4, -0.2) is 37.2 Å². The minimum absolute atomic E-state index is 0.119. The van der Waals surface area contributed by atoms with E-state index in [1.54, 1.807) is 0 Å². The highest BCUT2D eigenvalue weighted by Gasteiger charge is 2.19. The zero-order valence-corrected chi connectivity index (χ0v) is 44.3. The Balaban J connectivity index is 4.57. The summed E-state index contributed by atoms with van der Waals surface area (Å²) in [6.45, 7) is 6.30. The Bertz CT molecular complexity index is 1510. The standard InChI is InChI=1S/C63H100O6/c1-4-7-10-13-16-19-22-25-28-30-32-34-35-38-41-44-47-50-53-56-62(65)68-59-60(58-67-61(64)55-52-49-46-43-40-37-27-24-21-18-15-12-9-6-3)69-63(66)57-54-51-48-45-42-39-36-33-31-29-26-23-20-17-14-11-8-5-2/h7,9-10,12,16,18-19,21,23,25-26,28-29,31-34,36,38,41,47,50,60H,4-6,8,11,13-15,17,20,22,24,27,30,35,37,39-40,42-46,48-49,51-59H2,1-3H3/b10-7-,12-9-,19-16-,21-18-,26-23-,28-25-,31-29-,34-32-,36-33-,41-38-,50-47-. The summed E-state index contributed by atoms with van der Waals surface area (Å²) in [6.07, 6.45) is 78.7. The van der Waals surface area contributed by atoms with Crippen LogP contribution < -0.4 is 0 Å². The molecular formula is C63H100O6. The Kier molecular flexibility index (Phi) is 52.5. The molecule has 6 nitrogen and oxygen atoms in total. The van der Waals surface area contributed by atoms with Crippen LogP contribution in [0.2, 0.25) is 0 Å². The molecule has 0 aliphatic rings. The summed E-state index contributed by atoms with van der Waals surface area (Å²) in [5, 5.41) is 0. The fourth-order valence-corrected chi connectivity index (χ4v) is 7.09. The van der Waals surface area contributed by atoms with Crippen molar-refractivity contribution in [1.29, 1.82) is 0 Å². The molecule has 0 aliphatic heterocycles. The molecule has 1 unspecified atom stereocenters. The molecule has 0 spiro atoms. The lowest BCUT2D eigenvalue weighted by Gasteiger charge is -2.18. The van der Waals surface area contributed by atoms with Crippen LogP contribution >= 0.6 is 0 Å². The summed E-state index contributed by atoms with van der Waals surface area (Å²) >= 11 is 0. The maximum absolute atomic E-state index is 12.8. The van der Waals surface area contributed by atoms with Gasteiger partial charge in [-0.05, 0) is 109 Å². The Morgan fingerprint density at radius 2 is 0.652 bits per heavy atom. The van der Waals surface area contributed by atoms with Crippen LogP contribution in [0.5, 0.6) is 0 Å². The molecule has 0 fully saturated rings. The lowest BCUT2D eigenvalue weighted by molar-refractivity contribution is -0.166. The number of esters is 3. The van der Waals surface area contributed by atoms with Crippen molar-refractivity contribution in [3.05, 3.63) is 134 Å².